The molecule has 1 rings (SSSR count). The number of anilines is 1. The van der Waals surface area contributed by atoms with Crippen molar-refractivity contribution >= 4 is 25.1 Å². The molecule has 3 heteroatoms. The van der Waals surface area contributed by atoms with Gasteiger partial charge in [-0.3, -0.25) is 0 Å². The number of hydrogen-bond acceptors (Lipinski definition) is 2. The summed E-state index contributed by atoms with van der Waals surface area (Å²) in [7, 11) is 7.21. The van der Waals surface area contributed by atoms with Gasteiger partial charge in [0.1, 0.15) is 13.6 Å². The topological polar surface area (TPSA) is 35.2 Å². The van der Waals surface area contributed by atoms with Gasteiger partial charge in [-0.2, -0.15) is 0 Å². The second-order valence-electron chi connectivity index (χ2n) is 2.39. The normalized spacial score (nSPS) is 9.42. The van der Waals surface area contributed by atoms with Gasteiger partial charge in [-0.05, 0) is 11.6 Å². The van der Waals surface area contributed by atoms with Crippen LogP contribution in [0.1, 0.15) is 5.56 Å². The predicted molar refractivity (Wildman–Crippen MR) is 52.9 cm³/mol. The molecule has 0 aliphatic rings. The van der Waals surface area contributed by atoms with Crippen molar-refractivity contribution in [1.29, 1.82) is 0 Å². The smallest absolute Gasteiger partial charge is 0.142 e. The molecule has 0 heterocycles. The van der Waals surface area contributed by atoms with E-state index in [1.807, 2.05) is 0 Å². The Balaban J connectivity index is 3.33. The fraction of sp³-hybridized carbons (Fsp3) is 0.111. The minimum absolute atomic E-state index is 0.535. The third-order valence-electron chi connectivity index (χ3n) is 1.70. The number of ether oxygens (including phenoxy) is 1. The van der Waals surface area contributed by atoms with E-state index in [1.54, 1.807) is 25.3 Å². The van der Waals surface area contributed by atoms with E-state index in [4.69, 9.17) is 18.3 Å². The highest BCUT2D eigenvalue weighted by Crippen LogP contribution is 2.23. The number of nitrogen functional groups attached to an aromatic ring is 1. The summed E-state index contributed by atoms with van der Waals surface area (Å²) in [6.45, 7) is 3.61. The molecule has 0 saturated carbocycles. The number of nitrogens with two attached hydrogens (primary N) is 1. The van der Waals surface area contributed by atoms with Gasteiger partial charge in [0.2, 0.25) is 0 Å². The van der Waals surface area contributed by atoms with Crippen LogP contribution in [0, 0.1) is 0 Å². The van der Waals surface area contributed by atoms with Crippen molar-refractivity contribution in [3.05, 3.63) is 24.3 Å². The van der Waals surface area contributed by atoms with Gasteiger partial charge in [0.15, 0.2) is 0 Å². The molecule has 0 atom stereocenters. The van der Waals surface area contributed by atoms with E-state index in [-0.39, 0.29) is 0 Å². The average molecular weight is 159 g/mol. The quantitative estimate of drug-likeness (QED) is 0.509. The summed E-state index contributed by atoms with van der Waals surface area (Å²) in [6, 6.07) is 3.48. The van der Waals surface area contributed by atoms with Crippen molar-refractivity contribution in [2.24, 2.45) is 0 Å². The average Bonchev–Trinajstić information content (AvgIpc) is 2.06. The number of benzene rings is 1. The SMILES string of the molecule is [B]c1ccc(OC)c(N)c1C=C. The van der Waals surface area contributed by atoms with E-state index in [1.165, 1.54) is 0 Å². The standard InChI is InChI=1S/C9H10BNO/c1-3-6-7(10)4-5-8(12-2)9(6)11/h3-5H,1,11H2,2H3. The van der Waals surface area contributed by atoms with Crippen LogP contribution >= 0.6 is 0 Å². The van der Waals surface area contributed by atoms with Crippen LogP contribution in [0.25, 0.3) is 6.08 Å². The van der Waals surface area contributed by atoms with Gasteiger partial charge in [0.05, 0.1) is 12.8 Å². The first-order valence-electron chi connectivity index (χ1n) is 3.55. The first-order chi connectivity index (χ1) is 5.70. The van der Waals surface area contributed by atoms with Crippen LogP contribution in [0.2, 0.25) is 0 Å². The minimum Gasteiger partial charge on any atom is -0.495 e. The Morgan fingerprint density at radius 1 is 1.58 bits per heavy atom. The fourth-order valence-electron chi connectivity index (χ4n) is 1.04. The van der Waals surface area contributed by atoms with Gasteiger partial charge in [-0.15, -0.1) is 0 Å². The van der Waals surface area contributed by atoms with Gasteiger partial charge in [-0.25, -0.2) is 0 Å². The summed E-state index contributed by atoms with van der Waals surface area (Å²) in [5.41, 5.74) is 7.61. The molecule has 2 radical (unpaired) electrons. The Morgan fingerprint density at radius 3 is 2.75 bits per heavy atom. The zero-order chi connectivity index (χ0) is 9.14. The van der Waals surface area contributed by atoms with Gasteiger partial charge >= 0.3 is 0 Å². The number of hydrogen-bond donors (Lipinski definition) is 1. The molecule has 1 aromatic rings. The third kappa shape index (κ3) is 1.30. The van der Waals surface area contributed by atoms with E-state index >= 15 is 0 Å². The molecule has 0 unspecified atom stereocenters. The van der Waals surface area contributed by atoms with Crippen molar-refractivity contribution in [3.8, 4) is 5.75 Å². The first-order valence-corrected chi connectivity index (χ1v) is 3.55. The number of rotatable bonds is 2. The molecule has 2 nitrogen and oxygen atoms in total. The maximum atomic E-state index is 5.73. The molecule has 0 aliphatic heterocycles. The summed E-state index contributed by atoms with van der Waals surface area (Å²) in [5, 5.41) is 0. The van der Waals surface area contributed by atoms with Crippen molar-refractivity contribution in [2.45, 2.75) is 0 Å². The second kappa shape index (κ2) is 3.35. The molecule has 2 N–H and O–H groups in total. The van der Waals surface area contributed by atoms with Crippen molar-refractivity contribution in [1.82, 2.24) is 0 Å². The molecule has 0 bridgehead atoms. The third-order valence-corrected chi connectivity index (χ3v) is 1.70. The van der Waals surface area contributed by atoms with E-state index < -0.39 is 0 Å². The van der Waals surface area contributed by atoms with Crippen molar-refractivity contribution in [3.63, 3.8) is 0 Å². The van der Waals surface area contributed by atoms with Crippen LogP contribution < -0.4 is 15.9 Å². The molecule has 1 aromatic carbocycles. The molecule has 0 aromatic heterocycles. The zero-order valence-corrected chi connectivity index (χ0v) is 7.00. The molecule has 0 fully saturated rings. The van der Waals surface area contributed by atoms with Crippen LogP contribution in [-0.2, 0) is 0 Å². The van der Waals surface area contributed by atoms with E-state index in [2.05, 4.69) is 6.58 Å². The van der Waals surface area contributed by atoms with Crippen LogP contribution in [0.4, 0.5) is 5.69 Å². The molecule has 60 valence electrons. The Bertz CT molecular complexity index is 310. The van der Waals surface area contributed by atoms with Gasteiger partial charge in [0, 0.05) is 0 Å². The molecule has 0 amide bonds. The lowest BCUT2D eigenvalue weighted by atomic mass is 9.89. The minimum atomic E-state index is 0.535. The summed E-state index contributed by atoms with van der Waals surface area (Å²) in [5.74, 6) is 0.624. The zero-order valence-electron chi connectivity index (χ0n) is 7.00. The Kier molecular flexibility index (Phi) is 2.43. The highest BCUT2D eigenvalue weighted by molar-refractivity contribution is 6.35. The van der Waals surface area contributed by atoms with Crippen LogP contribution in [0.3, 0.4) is 0 Å². The lowest BCUT2D eigenvalue weighted by Gasteiger charge is -2.09. The highest BCUT2D eigenvalue weighted by atomic mass is 16.5. The molecule has 0 spiro atoms. The fourth-order valence-corrected chi connectivity index (χ4v) is 1.04. The largest absolute Gasteiger partial charge is 0.495 e. The Labute approximate surface area is 73.4 Å². The summed E-state index contributed by atoms with van der Waals surface area (Å²) >= 11 is 0. The summed E-state index contributed by atoms with van der Waals surface area (Å²) in [6.07, 6.45) is 1.62. The summed E-state index contributed by atoms with van der Waals surface area (Å²) in [4.78, 5) is 0. The van der Waals surface area contributed by atoms with E-state index in [9.17, 15) is 0 Å². The van der Waals surface area contributed by atoms with Gasteiger partial charge in [-0.1, -0.05) is 24.2 Å². The predicted octanol–water partition coefficient (Wildman–Crippen LogP) is 0.714. The Morgan fingerprint density at radius 2 is 2.25 bits per heavy atom. The van der Waals surface area contributed by atoms with Crippen molar-refractivity contribution in [2.75, 3.05) is 12.8 Å². The summed E-state index contributed by atoms with van der Waals surface area (Å²) < 4.78 is 5.01. The van der Waals surface area contributed by atoms with Crippen LogP contribution in [0.15, 0.2) is 18.7 Å². The molecule has 12 heavy (non-hydrogen) atoms. The lowest BCUT2D eigenvalue weighted by Crippen LogP contribution is -2.10. The van der Waals surface area contributed by atoms with Gasteiger partial charge < -0.3 is 10.5 Å². The second-order valence-corrected chi connectivity index (χ2v) is 2.39. The first kappa shape index (κ1) is 8.72. The van der Waals surface area contributed by atoms with E-state index in [0.29, 0.717) is 16.9 Å². The van der Waals surface area contributed by atoms with Crippen molar-refractivity contribution < 1.29 is 4.74 Å². The van der Waals surface area contributed by atoms with E-state index in [0.717, 1.165) is 5.56 Å². The van der Waals surface area contributed by atoms with Crippen LogP contribution in [0.5, 0.6) is 5.75 Å². The van der Waals surface area contributed by atoms with Gasteiger partial charge in [0.25, 0.3) is 0 Å². The molecule has 0 saturated heterocycles. The molecule has 0 aliphatic carbocycles. The lowest BCUT2D eigenvalue weighted by molar-refractivity contribution is 0.417. The van der Waals surface area contributed by atoms with Crippen LogP contribution in [-0.4, -0.2) is 15.0 Å². The monoisotopic (exact) mass is 159 g/mol. The number of methoxy groups -OCH3 is 1. The molecular weight excluding hydrogens is 149 g/mol. The highest BCUT2D eigenvalue weighted by Gasteiger charge is 2.04. The maximum absolute atomic E-state index is 5.73. The maximum Gasteiger partial charge on any atom is 0.142 e. The molecular formula is C9H10BNO. The Hall–Kier alpha value is -1.38.